The summed E-state index contributed by atoms with van der Waals surface area (Å²) in [7, 11) is 0. The van der Waals surface area contributed by atoms with Crippen LogP contribution in [-0.2, 0) is 0 Å². The fourth-order valence-electron chi connectivity index (χ4n) is 2.15. The lowest BCUT2D eigenvalue weighted by molar-refractivity contribution is 0.0697. The van der Waals surface area contributed by atoms with Crippen LogP contribution in [0.15, 0.2) is 48.9 Å². The van der Waals surface area contributed by atoms with Gasteiger partial charge in [0, 0.05) is 12.4 Å². The highest BCUT2D eigenvalue weighted by Crippen LogP contribution is 2.25. The first-order valence-corrected chi connectivity index (χ1v) is 5.89. The van der Waals surface area contributed by atoms with Crippen molar-refractivity contribution in [2.24, 2.45) is 0 Å². The van der Waals surface area contributed by atoms with Crippen molar-refractivity contribution in [2.75, 3.05) is 0 Å². The molecule has 0 aliphatic heterocycles. The second-order valence-electron chi connectivity index (χ2n) is 4.27. The topological polar surface area (TPSA) is 78.4 Å². The zero-order valence-corrected chi connectivity index (χ0v) is 10.3. The van der Waals surface area contributed by atoms with Crippen molar-refractivity contribution in [1.82, 2.24) is 9.38 Å². The molecule has 5 heteroatoms. The number of nitrogens with zero attached hydrogens (tertiary/aromatic N) is 3. The van der Waals surface area contributed by atoms with E-state index in [4.69, 9.17) is 10.4 Å². The largest absolute Gasteiger partial charge is 0.478 e. The number of fused-ring (bicyclic) bond motifs is 1. The van der Waals surface area contributed by atoms with Crippen LogP contribution in [0.4, 0.5) is 0 Å². The van der Waals surface area contributed by atoms with Crippen LogP contribution in [0.2, 0.25) is 0 Å². The summed E-state index contributed by atoms with van der Waals surface area (Å²) in [6.07, 6.45) is 5.05. The third kappa shape index (κ3) is 1.80. The highest BCUT2D eigenvalue weighted by molar-refractivity contribution is 5.88. The Balaban J connectivity index is 2.20. The van der Waals surface area contributed by atoms with E-state index in [0.29, 0.717) is 5.56 Å². The first-order valence-electron chi connectivity index (χ1n) is 5.89. The second kappa shape index (κ2) is 4.52. The Morgan fingerprint density at radius 2 is 2.05 bits per heavy atom. The molecule has 0 radical (unpaired) electrons. The molecule has 1 aromatic carbocycles. The molecule has 3 rings (SSSR count). The van der Waals surface area contributed by atoms with E-state index in [1.807, 2.05) is 4.40 Å². The van der Waals surface area contributed by atoms with Crippen molar-refractivity contribution >= 4 is 11.5 Å². The van der Waals surface area contributed by atoms with Crippen molar-refractivity contribution in [2.45, 2.75) is 0 Å². The van der Waals surface area contributed by atoms with E-state index in [-0.39, 0.29) is 5.56 Å². The van der Waals surface area contributed by atoms with Gasteiger partial charge < -0.3 is 9.51 Å². The molecular formula is C15H9N3O2. The molecule has 2 aromatic heterocycles. The van der Waals surface area contributed by atoms with E-state index in [2.05, 4.69) is 11.1 Å². The van der Waals surface area contributed by atoms with Gasteiger partial charge in [-0.05, 0) is 23.8 Å². The molecule has 0 fully saturated rings. The summed E-state index contributed by atoms with van der Waals surface area (Å²) in [5.41, 5.74) is 3.17. The third-order valence-corrected chi connectivity index (χ3v) is 3.12. The Labute approximate surface area is 114 Å². The number of benzene rings is 1. The number of aromatic nitrogens is 2. The quantitative estimate of drug-likeness (QED) is 0.770. The summed E-state index contributed by atoms with van der Waals surface area (Å²) in [5.74, 6) is -0.960. The molecule has 5 nitrogen and oxygen atoms in total. The molecule has 20 heavy (non-hydrogen) atoms. The van der Waals surface area contributed by atoms with Crippen molar-refractivity contribution in [3.05, 3.63) is 60.0 Å². The molecule has 3 aromatic rings. The highest BCUT2D eigenvalue weighted by atomic mass is 16.4. The molecule has 96 valence electrons. The number of hydrogen-bond donors (Lipinski definition) is 1. The van der Waals surface area contributed by atoms with Crippen molar-refractivity contribution < 1.29 is 9.90 Å². The highest BCUT2D eigenvalue weighted by Gasteiger charge is 2.11. The van der Waals surface area contributed by atoms with Crippen LogP contribution >= 0.6 is 0 Å². The van der Waals surface area contributed by atoms with E-state index in [0.717, 1.165) is 16.8 Å². The monoisotopic (exact) mass is 263 g/mol. The minimum atomic E-state index is -0.960. The molecule has 0 aliphatic rings. The van der Waals surface area contributed by atoms with Gasteiger partial charge in [0.25, 0.3) is 0 Å². The Bertz CT molecular complexity index is 842. The number of nitriles is 1. The van der Waals surface area contributed by atoms with Gasteiger partial charge in [-0.1, -0.05) is 12.1 Å². The van der Waals surface area contributed by atoms with E-state index in [9.17, 15) is 4.79 Å². The molecule has 2 heterocycles. The van der Waals surface area contributed by atoms with Crippen molar-refractivity contribution in [3.8, 4) is 17.3 Å². The van der Waals surface area contributed by atoms with E-state index < -0.39 is 5.97 Å². The first kappa shape index (κ1) is 11.9. The Hall–Kier alpha value is -3.13. The van der Waals surface area contributed by atoms with Gasteiger partial charge in [-0.3, -0.25) is 4.98 Å². The van der Waals surface area contributed by atoms with Crippen molar-refractivity contribution in [3.63, 3.8) is 0 Å². The molecule has 0 aliphatic carbocycles. The predicted octanol–water partition coefficient (Wildman–Crippen LogP) is 2.57. The number of rotatable bonds is 2. The van der Waals surface area contributed by atoms with Gasteiger partial charge >= 0.3 is 5.97 Å². The van der Waals surface area contributed by atoms with E-state index in [1.54, 1.807) is 48.9 Å². The van der Waals surface area contributed by atoms with Crippen LogP contribution in [0, 0.1) is 11.3 Å². The summed E-state index contributed by atoms with van der Waals surface area (Å²) in [6.45, 7) is 0. The van der Waals surface area contributed by atoms with E-state index >= 15 is 0 Å². The maximum Gasteiger partial charge on any atom is 0.335 e. The number of carboxylic acids is 1. The average molecular weight is 263 g/mol. The number of aromatic carboxylic acids is 1. The van der Waals surface area contributed by atoms with Crippen LogP contribution in [0.25, 0.3) is 16.8 Å². The number of carbonyl (C=O) groups is 1. The van der Waals surface area contributed by atoms with Gasteiger partial charge in [-0.15, -0.1) is 0 Å². The third-order valence-electron chi connectivity index (χ3n) is 3.12. The molecule has 0 bridgehead atoms. The fourth-order valence-corrected chi connectivity index (χ4v) is 2.15. The number of hydrogen-bond acceptors (Lipinski definition) is 3. The van der Waals surface area contributed by atoms with E-state index in [1.165, 1.54) is 0 Å². The summed E-state index contributed by atoms with van der Waals surface area (Å²) in [5, 5.41) is 18.0. The van der Waals surface area contributed by atoms with Crippen LogP contribution in [-0.4, -0.2) is 20.5 Å². The summed E-state index contributed by atoms with van der Waals surface area (Å²) < 4.78 is 1.86. The smallest absolute Gasteiger partial charge is 0.335 e. The molecule has 1 N–H and O–H groups in total. The lowest BCUT2D eigenvalue weighted by atomic mass is 10.1. The lowest BCUT2D eigenvalue weighted by Gasteiger charge is -2.03. The fraction of sp³-hybridized carbons (Fsp3) is 0. The summed E-state index contributed by atoms with van der Waals surface area (Å²) in [4.78, 5) is 14.9. The first-order chi connectivity index (χ1) is 9.70. The van der Waals surface area contributed by atoms with Gasteiger partial charge in [-0.25, -0.2) is 4.79 Å². The minimum absolute atomic E-state index is 0.233. The molecule has 0 spiro atoms. The molecule has 0 saturated carbocycles. The van der Waals surface area contributed by atoms with Gasteiger partial charge in [0.1, 0.15) is 6.07 Å². The van der Waals surface area contributed by atoms with Gasteiger partial charge in [0.2, 0.25) is 0 Å². The normalized spacial score (nSPS) is 10.3. The SMILES string of the molecule is N#Cc1cc(-c2ccc(C(=O)O)cc2)n2ccncc12. The van der Waals surface area contributed by atoms with Crippen molar-refractivity contribution in [1.29, 1.82) is 5.26 Å². The second-order valence-corrected chi connectivity index (χ2v) is 4.27. The van der Waals surface area contributed by atoms with Crippen LogP contribution in [0.1, 0.15) is 15.9 Å². The summed E-state index contributed by atoms with van der Waals surface area (Å²) in [6, 6.07) is 10.5. The van der Waals surface area contributed by atoms with Gasteiger partial charge in [-0.2, -0.15) is 5.26 Å². The van der Waals surface area contributed by atoms with Crippen LogP contribution in [0.5, 0.6) is 0 Å². The van der Waals surface area contributed by atoms with Gasteiger partial charge in [0.05, 0.1) is 28.5 Å². The van der Waals surface area contributed by atoms with Gasteiger partial charge in [0.15, 0.2) is 0 Å². The Morgan fingerprint density at radius 3 is 2.70 bits per heavy atom. The Kier molecular flexibility index (Phi) is 2.70. The summed E-state index contributed by atoms with van der Waals surface area (Å²) >= 11 is 0. The minimum Gasteiger partial charge on any atom is -0.478 e. The molecule has 0 atom stereocenters. The maximum atomic E-state index is 10.9. The zero-order chi connectivity index (χ0) is 14.1. The van der Waals surface area contributed by atoms with Crippen LogP contribution in [0.3, 0.4) is 0 Å². The molecule has 0 unspecified atom stereocenters. The standard InChI is InChI=1S/C15H9N3O2/c16-8-12-7-13(18-6-5-17-9-14(12)18)10-1-3-11(4-2-10)15(19)20/h1-7,9H,(H,19,20). The number of carboxylic acid groups (broad SMARTS) is 1. The predicted molar refractivity (Wildman–Crippen MR) is 72.3 cm³/mol. The molecular weight excluding hydrogens is 254 g/mol. The lowest BCUT2D eigenvalue weighted by Crippen LogP contribution is -1.95. The zero-order valence-electron chi connectivity index (χ0n) is 10.3. The average Bonchev–Trinajstić information content (AvgIpc) is 2.86. The Morgan fingerprint density at radius 1 is 1.30 bits per heavy atom. The van der Waals surface area contributed by atoms with Crippen LogP contribution < -0.4 is 0 Å². The molecule has 0 saturated heterocycles. The maximum absolute atomic E-state index is 10.9. The molecule has 0 amide bonds.